The quantitative estimate of drug-likeness (QED) is 0.165. The van der Waals surface area contributed by atoms with Crippen LogP contribution >= 0.6 is 11.6 Å². The van der Waals surface area contributed by atoms with Gasteiger partial charge in [-0.2, -0.15) is 0 Å². The van der Waals surface area contributed by atoms with E-state index >= 15 is 0 Å². The number of carbonyl (C=O) groups excluding carboxylic acids is 3. The van der Waals surface area contributed by atoms with Gasteiger partial charge in [-0.1, -0.05) is 56.7 Å². The van der Waals surface area contributed by atoms with Gasteiger partial charge in [-0.3, -0.25) is 14.4 Å². The summed E-state index contributed by atoms with van der Waals surface area (Å²) in [5, 5.41) is 0. The number of esters is 2. The van der Waals surface area contributed by atoms with Crippen LogP contribution in [0.1, 0.15) is 77.3 Å². The fourth-order valence-corrected chi connectivity index (χ4v) is 4.82. The highest BCUT2D eigenvalue weighted by atomic mass is 35.5. The van der Waals surface area contributed by atoms with E-state index in [-0.39, 0.29) is 34.9 Å². The molecule has 0 bridgehead atoms. The molecule has 5 nitrogen and oxygen atoms in total. The number of allylic oxidation sites excluding steroid dienone is 2. The van der Waals surface area contributed by atoms with Crippen molar-refractivity contribution in [3.8, 4) is 0 Å². The normalized spacial score (nSPS) is 14.4. The summed E-state index contributed by atoms with van der Waals surface area (Å²) in [6, 6.07) is 7.87. The number of carbonyl (C=O) groups is 3. The van der Waals surface area contributed by atoms with Gasteiger partial charge >= 0.3 is 11.9 Å². The van der Waals surface area contributed by atoms with Gasteiger partial charge in [-0.25, -0.2) is 0 Å². The number of ether oxygens (including phenoxy) is 2. The first-order chi connectivity index (χ1) is 16.0. The van der Waals surface area contributed by atoms with Gasteiger partial charge in [-0.15, -0.1) is 11.6 Å². The van der Waals surface area contributed by atoms with Gasteiger partial charge in [0.1, 0.15) is 0 Å². The zero-order valence-corrected chi connectivity index (χ0v) is 22.4. The highest BCUT2D eigenvalue weighted by molar-refractivity contribution is 6.29. The summed E-state index contributed by atoms with van der Waals surface area (Å²) in [6.45, 7) is 8.33. The number of aryl methyl sites for hydroxylation is 1. The van der Waals surface area contributed by atoms with Crippen LogP contribution < -0.4 is 0 Å². The molecule has 0 heterocycles. The van der Waals surface area contributed by atoms with E-state index in [0.29, 0.717) is 25.7 Å². The highest BCUT2D eigenvalue weighted by Crippen LogP contribution is 2.37. The maximum atomic E-state index is 13.0. The van der Waals surface area contributed by atoms with Crippen molar-refractivity contribution in [2.75, 3.05) is 20.1 Å². The molecule has 0 aliphatic carbocycles. The molecular formula is C28H41ClO5. The molecule has 1 rings (SSSR count). The molecule has 34 heavy (non-hydrogen) atoms. The molecule has 0 saturated carbocycles. The van der Waals surface area contributed by atoms with Crippen LogP contribution in [0, 0.1) is 11.3 Å². The molecule has 0 amide bonds. The van der Waals surface area contributed by atoms with E-state index in [9.17, 15) is 14.4 Å². The standard InChI is InChI=1S/C28H41ClO5/c1-7-10-22(18-26(32)34-6)19-27(2,3)15-9-16-28(4,24(30)20-29)23-12-8-11-21(17-23)13-14-25(31)33-5/h7-8,10-12,17,22H,9,13-16,18-20H2,1-6H3/b10-7+. The molecule has 0 fully saturated rings. The van der Waals surface area contributed by atoms with Gasteiger partial charge in [0.25, 0.3) is 0 Å². The number of rotatable bonds is 15. The average molecular weight is 493 g/mol. The van der Waals surface area contributed by atoms with E-state index in [0.717, 1.165) is 30.4 Å². The van der Waals surface area contributed by atoms with Crippen molar-refractivity contribution in [2.45, 2.75) is 78.1 Å². The summed E-state index contributed by atoms with van der Waals surface area (Å²) < 4.78 is 9.59. The zero-order valence-electron chi connectivity index (χ0n) is 21.6. The van der Waals surface area contributed by atoms with E-state index < -0.39 is 5.41 Å². The molecule has 1 aromatic rings. The zero-order chi connectivity index (χ0) is 25.8. The summed E-state index contributed by atoms with van der Waals surface area (Å²) >= 11 is 6.02. The highest BCUT2D eigenvalue weighted by Gasteiger charge is 2.35. The van der Waals surface area contributed by atoms with Gasteiger partial charge in [0.05, 0.1) is 31.9 Å². The number of halogens is 1. The van der Waals surface area contributed by atoms with Crippen LogP contribution in [0.2, 0.25) is 0 Å². The van der Waals surface area contributed by atoms with E-state index in [4.69, 9.17) is 21.1 Å². The molecule has 0 aliphatic rings. The fraction of sp³-hybridized carbons (Fsp3) is 0.607. The molecule has 6 heteroatoms. The van der Waals surface area contributed by atoms with Crippen molar-refractivity contribution in [1.82, 2.24) is 0 Å². The molecule has 2 atom stereocenters. The van der Waals surface area contributed by atoms with Crippen LogP contribution in [0.25, 0.3) is 0 Å². The fourth-order valence-electron chi connectivity index (χ4n) is 4.52. The first kappa shape index (κ1) is 29.9. The third-order valence-electron chi connectivity index (χ3n) is 6.61. The van der Waals surface area contributed by atoms with Crippen molar-refractivity contribution in [2.24, 2.45) is 11.3 Å². The summed E-state index contributed by atoms with van der Waals surface area (Å²) in [5.41, 5.74) is 1.21. The Morgan fingerprint density at radius 3 is 2.32 bits per heavy atom. The number of benzene rings is 1. The van der Waals surface area contributed by atoms with E-state index in [2.05, 4.69) is 19.9 Å². The number of methoxy groups -OCH3 is 2. The predicted octanol–water partition coefficient (Wildman–Crippen LogP) is 6.20. The lowest BCUT2D eigenvalue weighted by Gasteiger charge is -2.32. The Hall–Kier alpha value is -2.14. The first-order valence-corrected chi connectivity index (χ1v) is 12.5. The Balaban J connectivity index is 2.93. The second-order valence-electron chi connectivity index (χ2n) is 9.95. The van der Waals surface area contributed by atoms with Crippen molar-refractivity contribution in [1.29, 1.82) is 0 Å². The lowest BCUT2D eigenvalue weighted by molar-refractivity contribution is -0.142. The third-order valence-corrected chi connectivity index (χ3v) is 6.86. The predicted molar refractivity (Wildman–Crippen MR) is 137 cm³/mol. The minimum atomic E-state index is -0.701. The number of hydrogen-bond acceptors (Lipinski definition) is 5. The number of ketones is 1. The molecule has 1 aromatic carbocycles. The number of Topliss-reactive ketones (excluding diaryl/α,β-unsaturated/α-hetero) is 1. The van der Waals surface area contributed by atoms with Crippen molar-refractivity contribution >= 4 is 29.3 Å². The number of hydrogen-bond donors (Lipinski definition) is 0. The van der Waals surface area contributed by atoms with Crippen LogP contribution in [-0.4, -0.2) is 37.8 Å². The maximum absolute atomic E-state index is 13.0. The molecule has 0 N–H and O–H groups in total. The van der Waals surface area contributed by atoms with Crippen LogP contribution in [0.4, 0.5) is 0 Å². The largest absolute Gasteiger partial charge is 0.469 e. The van der Waals surface area contributed by atoms with E-state index in [1.165, 1.54) is 14.2 Å². The Morgan fingerprint density at radius 1 is 1.06 bits per heavy atom. The monoisotopic (exact) mass is 492 g/mol. The third kappa shape index (κ3) is 9.61. The van der Waals surface area contributed by atoms with Crippen molar-refractivity contribution in [3.05, 3.63) is 47.5 Å². The van der Waals surface area contributed by atoms with Crippen LogP contribution in [0.15, 0.2) is 36.4 Å². The Labute approximate surface area is 210 Å². The average Bonchev–Trinajstić information content (AvgIpc) is 2.81. The maximum Gasteiger partial charge on any atom is 0.306 e. The minimum absolute atomic E-state index is 0.00502. The van der Waals surface area contributed by atoms with E-state index in [1.807, 2.05) is 44.2 Å². The smallest absolute Gasteiger partial charge is 0.306 e. The van der Waals surface area contributed by atoms with Crippen molar-refractivity contribution < 1.29 is 23.9 Å². The minimum Gasteiger partial charge on any atom is -0.469 e. The van der Waals surface area contributed by atoms with Gasteiger partial charge in [0.2, 0.25) is 0 Å². The molecular weight excluding hydrogens is 452 g/mol. The van der Waals surface area contributed by atoms with Crippen LogP contribution in [-0.2, 0) is 35.7 Å². The molecule has 0 saturated heterocycles. The topological polar surface area (TPSA) is 69.7 Å². The molecule has 0 aromatic heterocycles. The SMILES string of the molecule is C/C=C/C(CC(=O)OC)CC(C)(C)CCCC(C)(C(=O)CCl)c1cccc(CCC(=O)OC)c1. The molecule has 0 spiro atoms. The summed E-state index contributed by atoms with van der Waals surface area (Å²) in [6.07, 6.45) is 8.56. The van der Waals surface area contributed by atoms with Crippen molar-refractivity contribution in [3.63, 3.8) is 0 Å². The summed E-state index contributed by atoms with van der Waals surface area (Å²) in [4.78, 5) is 36.3. The van der Waals surface area contributed by atoms with Gasteiger partial charge < -0.3 is 9.47 Å². The second-order valence-corrected chi connectivity index (χ2v) is 10.2. The molecule has 0 radical (unpaired) electrons. The lowest BCUT2D eigenvalue weighted by Crippen LogP contribution is -2.34. The van der Waals surface area contributed by atoms with Crippen LogP contribution in [0.5, 0.6) is 0 Å². The summed E-state index contributed by atoms with van der Waals surface area (Å²) in [7, 11) is 2.80. The van der Waals surface area contributed by atoms with Crippen LogP contribution in [0.3, 0.4) is 0 Å². The summed E-state index contributed by atoms with van der Waals surface area (Å²) in [5.74, 6) is -0.388. The van der Waals surface area contributed by atoms with Gasteiger partial charge in [0, 0.05) is 6.42 Å². The Bertz CT molecular complexity index is 845. The second kappa shape index (κ2) is 14.3. The molecule has 0 aliphatic heterocycles. The van der Waals surface area contributed by atoms with Gasteiger partial charge in [-0.05, 0) is 62.0 Å². The van der Waals surface area contributed by atoms with Gasteiger partial charge in [0.15, 0.2) is 5.78 Å². The lowest BCUT2D eigenvalue weighted by atomic mass is 9.71. The first-order valence-electron chi connectivity index (χ1n) is 12.0. The van der Waals surface area contributed by atoms with E-state index in [1.54, 1.807) is 0 Å². The Kier molecular flexibility index (Phi) is 12.6. The number of alkyl halides is 1. The molecule has 2 unspecified atom stereocenters. The Morgan fingerprint density at radius 2 is 1.74 bits per heavy atom. The molecule has 190 valence electrons.